The average Bonchev–Trinajstić information content (AvgIpc) is 3.09. The fourth-order valence-electron chi connectivity index (χ4n) is 2.52. The highest BCUT2D eigenvalue weighted by Crippen LogP contribution is 2.37. The van der Waals surface area contributed by atoms with Gasteiger partial charge in [0.1, 0.15) is 0 Å². The van der Waals surface area contributed by atoms with Crippen LogP contribution in [-0.4, -0.2) is 16.1 Å². The van der Waals surface area contributed by atoms with Crippen LogP contribution in [0.3, 0.4) is 0 Å². The van der Waals surface area contributed by atoms with Gasteiger partial charge in [-0.3, -0.25) is 0 Å². The molecule has 0 unspecified atom stereocenters. The van der Waals surface area contributed by atoms with Crippen molar-refractivity contribution in [3.63, 3.8) is 0 Å². The molecule has 0 bridgehead atoms. The number of carboxylic acids is 1. The van der Waals surface area contributed by atoms with Crippen molar-refractivity contribution in [2.75, 3.05) is 0 Å². The number of hydrogen-bond donors (Lipinski definition) is 1. The Balaban J connectivity index is 1.81. The van der Waals surface area contributed by atoms with Crippen LogP contribution in [0.5, 0.6) is 0 Å². The first kappa shape index (κ1) is 12.8. The Morgan fingerprint density at radius 1 is 1.21 bits per heavy atom. The molecule has 2 heterocycles. The molecule has 3 rings (SSSR count). The van der Waals surface area contributed by atoms with Crippen molar-refractivity contribution in [2.45, 2.75) is 38.0 Å². The summed E-state index contributed by atoms with van der Waals surface area (Å²) in [4.78, 5) is 16.6. The second-order valence-corrected chi connectivity index (χ2v) is 6.71. The summed E-state index contributed by atoms with van der Waals surface area (Å²) in [7, 11) is 0. The Kier molecular flexibility index (Phi) is 3.66. The van der Waals surface area contributed by atoms with E-state index in [9.17, 15) is 4.79 Å². The lowest BCUT2D eigenvalue weighted by atomic mass is 9.90. The van der Waals surface area contributed by atoms with Gasteiger partial charge >= 0.3 is 5.97 Å². The molecular weight excluding hydrogens is 278 g/mol. The zero-order chi connectivity index (χ0) is 13.2. The summed E-state index contributed by atoms with van der Waals surface area (Å²) in [5.74, 6) is -0.253. The molecule has 1 aliphatic carbocycles. The Hall–Kier alpha value is -1.20. The van der Waals surface area contributed by atoms with E-state index in [0.717, 1.165) is 10.6 Å². The van der Waals surface area contributed by atoms with E-state index >= 15 is 0 Å². The minimum absolute atomic E-state index is 0.354. The van der Waals surface area contributed by atoms with Gasteiger partial charge in [0.15, 0.2) is 0 Å². The van der Waals surface area contributed by atoms with E-state index in [0.29, 0.717) is 11.5 Å². The Morgan fingerprint density at radius 3 is 2.68 bits per heavy atom. The van der Waals surface area contributed by atoms with Gasteiger partial charge in [0, 0.05) is 16.7 Å². The summed E-state index contributed by atoms with van der Waals surface area (Å²) in [6.07, 6.45) is 6.46. The van der Waals surface area contributed by atoms with Crippen molar-refractivity contribution >= 4 is 28.6 Å². The molecule has 19 heavy (non-hydrogen) atoms. The van der Waals surface area contributed by atoms with E-state index in [-0.39, 0.29) is 0 Å². The van der Waals surface area contributed by atoms with Gasteiger partial charge in [-0.1, -0.05) is 19.3 Å². The highest BCUT2D eigenvalue weighted by atomic mass is 32.1. The molecule has 100 valence electrons. The van der Waals surface area contributed by atoms with Crippen LogP contribution < -0.4 is 0 Å². The summed E-state index contributed by atoms with van der Waals surface area (Å²) in [5.41, 5.74) is 1.29. The summed E-state index contributed by atoms with van der Waals surface area (Å²) < 4.78 is 0. The zero-order valence-electron chi connectivity index (χ0n) is 10.5. The lowest BCUT2D eigenvalue weighted by molar-refractivity contribution is 0.0697. The molecule has 0 atom stereocenters. The standard InChI is InChI=1S/C14H15NO2S2/c16-14(17)10-6-12(18-7-10)11-8-19-13(15-11)9-4-2-1-3-5-9/h6-9H,1-5H2,(H,16,17). The van der Waals surface area contributed by atoms with Crippen LogP contribution in [0.1, 0.15) is 53.4 Å². The molecule has 3 nitrogen and oxygen atoms in total. The summed E-state index contributed by atoms with van der Waals surface area (Å²) in [6.45, 7) is 0. The van der Waals surface area contributed by atoms with Gasteiger partial charge in [0.05, 0.1) is 21.1 Å². The molecule has 5 heteroatoms. The van der Waals surface area contributed by atoms with E-state index < -0.39 is 5.97 Å². The number of nitrogens with zero attached hydrogens (tertiary/aromatic N) is 1. The molecule has 1 aliphatic rings. The molecule has 0 aromatic carbocycles. The van der Waals surface area contributed by atoms with E-state index in [2.05, 4.69) is 5.38 Å². The van der Waals surface area contributed by atoms with Crippen molar-refractivity contribution < 1.29 is 9.90 Å². The molecule has 0 spiro atoms. The number of aromatic carboxylic acids is 1. The normalized spacial score (nSPS) is 16.6. The lowest BCUT2D eigenvalue weighted by Crippen LogP contribution is -2.03. The van der Waals surface area contributed by atoms with Gasteiger partial charge in [0.25, 0.3) is 0 Å². The molecule has 1 fully saturated rings. The van der Waals surface area contributed by atoms with Gasteiger partial charge in [-0.15, -0.1) is 22.7 Å². The number of hydrogen-bond acceptors (Lipinski definition) is 4. The number of rotatable bonds is 3. The van der Waals surface area contributed by atoms with Gasteiger partial charge in [-0.05, 0) is 18.9 Å². The van der Waals surface area contributed by atoms with Crippen molar-refractivity contribution in [1.82, 2.24) is 4.98 Å². The average molecular weight is 293 g/mol. The predicted octanol–water partition coefficient (Wildman–Crippen LogP) is 4.62. The van der Waals surface area contributed by atoms with E-state index in [1.165, 1.54) is 48.4 Å². The maximum atomic E-state index is 10.9. The fourth-order valence-corrected chi connectivity index (χ4v) is 4.43. The smallest absolute Gasteiger partial charge is 0.336 e. The summed E-state index contributed by atoms with van der Waals surface area (Å²) >= 11 is 3.17. The third-order valence-corrected chi connectivity index (χ3v) is 5.54. The predicted molar refractivity (Wildman–Crippen MR) is 78.2 cm³/mol. The first-order chi connectivity index (χ1) is 9.24. The van der Waals surface area contributed by atoms with E-state index in [1.54, 1.807) is 22.8 Å². The Labute approximate surface area is 119 Å². The third-order valence-electron chi connectivity index (χ3n) is 3.58. The maximum absolute atomic E-state index is 10.9. The first-order valence-electron chi connectivity index (χ1n) is 6.51. The monoisotopic (exact) mass is 293 g/mol. The highest BCUT2D eigenvalue weighted by Gasteiger charge is 2.19. The second-order valence-electron chi connectivity index (χ2n) is 4.91. The van der Waals surface area contributed by atoms with Crippen molar-refractivity contribution in [2.24, 2.45) is 0 Å². The fraction of sp³-hybridized carbons (Fsp3) is 0.429. The zero-order valence-corrected chi connectivity index (χ0v) is 12.1. The topological polar surface area (TPSA) is 50.2 Å². The number of thiophene rings is 1. The van der Waals surface area contributed by atoms with Crippen molar-refractivity contribution in [3.8, 4) is 10.6 Å². The first-order valence-corrected chi connectivity index (χ1v) is 8.27. The molecule has 1 saturated carbocycles. The molecule has 0 radical (unpaired) electrons. The van der Waals surface area contributed by atoms with Crippen LogP contribution in [0.2, 0.25) is 0 Å². The largest absolute Gasteiger partial charge is 0.478 e. The minimum atomic E-state index is -0.870. The molecule has 0 saturated heterocycles. The molecular formula is C14H15NO2S2. The Morgan fingerprint density at radius 2 is 2.00 bits per heavy atom. The number of thiazole rings is 1. The summed E-state index contributed by atoms with van der Waals surface area (Å²) in [5, 5.41) is 13.9. The number of aromatic nitrogens is 1. The number of carbonyl (C=O) groups is 1. The van der Waals surface area contributed by atoms with Crippen LogP contribution in [0.25, 0.3) is 10.6 Å². The van der Waals surface area contributed by atoms with E-state index in [4.69, 9.17) is 10.1 Å². The molecule has 2 aromatic rings. The number of carboxylic acid groups (broad SMARTS) is 1. The molecule has 0 aliphatic heterocycles. The van der Waals surface area contributed by atoms with Gasteiger partial charge in [-0.25, -0.2) is 9.78 Å². The Bertz CT molecular complexity index is 582. The highest BCUT2D eigenvalue weighted by molar-refractivity contribution is 7.14. The van der Waals surface area contributed by atoms with Gasteiger partial charge in [-0.2, -0.15) is 0 Å². The minimum Gasteiger partial charge on any atom is -0.478 e. The van der Waals surface area contributed by atoms with Crippen LogP contribution >= 0.6 is 22.7 Å². The molecule has 1 N–H and O–H groups in total. The SMILES string of the molecule is O=C(O)c1csc(-c2csc(C3CCCCC3)n2)c1. The van der Waals surface area contributed by atoms with Crippen LogP contribution in [0, 0.1) is 0 Å². The molecule has 0 amide bonds. The van der Waals surface area contributed by atoms with Crippen LogP contribution in [0.15, 0.2) is 16.8 Å². The van der Waals surface area contributed by atoms with E-state index in [1.807, 2.05) is 0 Å². The van der Waals surface area contributed by atoms with Gasteiger partial charge in [0.2, 0.25) is 0 Å². The summed E-state index contributed by atoms with van der Waals surface area (Å²) in [6, 6.07) is 1.71. The quantitative estimate of drug-likeness (QED) is 0.898. The second kappa shape index (κ2) is 5.43. The van der Waals surface area contributed by atoms with Crippen LogP contribution in [0.4, 0.5) is 0 Å². The van der Waals surface area contributed by atoms with Crippen molar-refractivity contribution in [1.29, 1.82) is 0 Å². The van der Waals surface area contributed by atoms with Crippen molar-refractivity contribution in [3.05, 3.63) is 27.4 Å². The van der Waals surface area contributed by atoms with Gasteiger partial charge < -0.3 is 5.11 Å². The third kappa shape index (κ3) is 2.72. The maximum Gasteiger partial charge on any atom is 0.336 e. The van der Waals surface area contributed by atoms with Crippen LogP contribution in [-0.2, 0) is 0 Å². The lowest BCUT2D eigenvalue weighted by Gasteiger charge is -2.18. The molecule has 2 aromatic heterocycles.